The summed E-state index contributed by atoms with van der Waals surface area (Å²) in [6, 6.07) is 6.27. The van der Waals surface area contributed by atoms with E-state index >= 15 is 0 Å². The van der Waals surface area contributed by atoms with Crippen LogP contribution in [-0.4, -0.2) is 17.7 Å². The SMILES string of the molecule is Cc1ccc(C(O)C(C)NCCC(C)C)cc1C. The Balaban J connectivity index is 2.56. The smallest absolute Gasteiger partial charge is 0.0940 e. The van der Waals surface area contributed by atoms with Crippen LogP contribution < -0.4 is 5.32 Å². The molecule has 1 aromatic carbocycles. The lowest BCUT2D eigenvalue weighted by Crippen LogP contribution is -2.33. The molecule has 0 radical (unpaired) electrons. The van der Waals surface area contributed by atoms with Crippen LogP contribution in [-0.2, 0) is 0 Å². The third-order valence-corrected chi connectivity index (χ3v) is 3.53. The van der Waals surface area contributed by atoms with E-state index in [-0.39, 0.29) is 6.04 Å². The average Bonchev–Trinajstić information content (AvgIpc) is 2.31. The van der Waals surface area contributed by atoms with Gasteiger partial charge in [-0.15, -0.1) is 0 Å². The molecule has 2 heteroatoms. The monoisotopic (exact) mass is 249 g/mol. The minimum Gasteiger partial charge on any atom is -0.387 e. The Morgan fingerprint density at radius 3 is 2.33 bits per heavy atom. The van der Waals surface area contributed by atoms with Gasteiger partial charge in [-0.1, -0.05) is 32.0 Å². The van der Waals surface area contributed by atoms with Crippen molar-refractivity contribution in [3.8, 4) is 0 Å². The number of aliphatic hydroxyl groups excluding tert-OH is 1. The lowest BCUT2D eigenvalue weighted by molar-refractivity contribution is 0.135. The second-order valence-corrected chi connectivity index (χ2v) is 5.71. The Kier molecular flexibility index (Phi) is 5.83. The Morgan fingerprint density at radius 2 is 1.78 bits per heavy atom. The number of rotatable bonds is 6. The van der Waals surface area contributed by atoms with E-state index in [0.717, 1.165) is 18.5 Å². The van der Waals surface area contributed by atoms with Gasteiger partial charge in [-0.05, 0) is 56.3 Å². The van der Waals surface area contributed by atoms with E-state index in [0.29, 0.717) is 5.92 Å². The minimum absolute atomic E-state index is 0.0888. The van der Waals surface area contributed by atoms with Crippen LogP contribution in [0.3, 0.4) is 0 Å². The van der Waals surface area contributed by atoms with Crippen molar-refractivity contribution in [1.82, 2.24) is 5.32 Å². The highest BCUT2D eigenvalue weighted by Crippen LogP contribution is 2.20. The fourth-order valence-corrected chi connectivity index (χ4v) is 1.95. The molecule has 0 amide bonds. The van der Waals surface area contributed by atoms with Gasteiger partial charge in [0.1, 0.15) is 0 Å². The summed E-state index contributed by atoms with van der Waals surface area (Å²) in [5.41, 5.74) is 3.51. The lowest BCUT2D eigenvalue weighted by Gasteiger charge is -2.22. The number of benzene rings is 1. The van der Waals surface area contributed by atoms with Crippen LogP contribution in [0.15, 0.2) is 18.2 Å². The fraction of sp³-hybridized carbons (Fsp3) is 0.625. The molecule has 0 saturated heterocycles. The molecule has 0 saturated carbocycles. The predicted octanol–water partition coefficient (Wildman–Crippen LogP) is 3.36. The van der Waals surface area contributed by atoms with Gasteiger partial charge >= 0.3 is 0 Å². The van der Waals surface area contributed by atoms with Gasteiger partial charge in [-0.2, -0.15) is 0 Å². The molecule has 2 N–H and O–H groups in total. The second kappa shape index (κ2) is 6.91. The largest absolute Gasteiger partial charge is 0.387 e. The van der Waals surface area contributed by atoms with E-state index in [2.05, 4.69) is 45.1 Å². The molecule has 0 fully saturated rings. The molecule has 0 bridgehead atoms. The van der Waals surface area contributed by atoms with E-state index in [9.17, 15) is 5.11 Å². The highest BCUT2D eigenvalue weighted by molar-refractivity contribution is 5.31. The van der Waals surface area contributed by atoms with Crippen LogP contribution in [0.4, 0.5) is 0 Å². The Hall–Kier alpha value is -0.860. The first-order valence-electron chi connectivity index (χ1n) is 6.90. The molecule has 0 spiro atoms. The first kappa shape index (κ1) is 15.2. The van der Waals surface area contributed by atoms with Gasteiger partial charge in [0.15, 0.2) is 0 Å². The quantitative estimate of drug-likeness (QED) is 0.810. The molecule has 2 nitrogen and oxygen atoms in total. The molecule has 2 atom stereocenters. The van der Waals surface area contributed by atoms with Crippen molar-refractivity contribution >= 4 is 0 Å². The molecule has 102 valence electrons. The maximum atomic E-state index is 10.3. The molecule has 1 rings (SSSR count). The van der Waals surface area contributed by atoms with Gasteiger partial charge in [0.2, 0.25) is 0 Å². The Bertz CT molecular complexity index is 373. The van der Waals surface area contributed by atoms with Gasteiger partial charge in [-0.25, -0.2) is 0 Å². The maximum Gasteiger partial charge on any atom is 0.0940 e. The van der Waals surface area contributed by atoms with E-state index in [1.54, 1.807) is 0 Å². The zero-order valence-corrected chi connectivity index (χ0v) is 12.3. The van der Waals surface area contributed by atoms with E-state index < -0.39 is 6.10 Å². The summed E-state index contributed by atoms with van der Waals surface area (Å²) in [6.07, 6.45) is 0.709. The van der Waals surface area contributed by atoms with Gasteiger partial charge in [-0.3, -0.25) is 0 Å². The second-order valence-electron chi connectivity index (χ2n) is 5.71. The number of nitrogens with one attached hydrogen (secondary N) is 1. The molecule has 18 heavy (non-hydrogen) atoms. The first-order valence-corrected chi connectivity index (χ1v) is 6.90. The van der Waals surface area contributed by atoms with Crippen LogP contribution >= 0.6 is 0 Å². The van der Waals surface area contributed by atoms with Crippen molar-refractivity contribution in [3.63, 3.8) is 0 Å². The predicted molar refractivity (Wildman–Crippen MR) is 77.8 cm³/mol. The van der Waals surface area contributed by atoms with Gasteiger partial charge in [0, 0.05) is 6.04 Å². The number of hydrogen-bond acceptors (Lipinski definition) is 2. The van der Waals surface area contributed by atoms with E-state index in [1.807, 2.05) is 13.0 Å². The van der Waals surface area contributed by atoms with Crippen molar-refractivity contribution in [2.24, 2.45) is 5.92 Å². The topological polar surface area (TPSA) is 32.3 Å². The van der Waals surface area contributed by atoms with Crippen LogP contribution in [0, 0.1) is 19.8 Å². The third-order valence-electron chi connectivity index (χ3n) is 3.53. The molecule has 1 aromatic rings. The Morgan fingerprint density at radius 1 is 1.11 bits per heavy atom. The van der Waals surface area contributed by atoms with Crippen LogP contribution in [0.1, 0.15) is 50.0 Å². The summed E-state index contributed by atoms with van der Waals surface area (Å²) in [6.45, 7) is 11.6. The zero-order chi connectivity index (χ0) is 13.7. The zero-order valence-electron chi connectivity index (χ0n) is 12.3. The van der Waals surface area contributed by atoms with Gasteiger partial charge in [0.25, 0.3) is 0 Å². The standard InChI is InChI=1S/C16H27NO/c1-11(2)8-9-17-14(5)16(18)15-7-6-12(3)13(4)10-15/h6-7,10-11,14,16-18H,8-9H2,1-5H3. The van der Waals surface area contributed by atoms with Crippen molar-refractivity contribution in [1.29, 1.82) is 0 Å². The Labute approximate surface area is 111 Å². The van der Waals surface area contributed by atoms with Crippen LogP contribution in [0.2, 0.25) is 0 Å². The minimum atomic E-state index is -0.434. The third kappa shape index (κ3) is 4.43. The maximum absolute atomic E-state index is 10.3. The highest BCUT2D eigenvalue weighted by atomic mass is 16.3. The molecule has 0 aliphatic heterocycles. The summed E-state index contributed by atoms with van der Waals surface area (Å²) in [5, 5.41) is 13.7. The summed E-state index contributed by atoms with van der Waals surface area (Å²) >= 11 is 0. The van der Waals surface area contributed by atoms with Gasteiger partial charge in [0.05, 0.1) is 6.10 Å². The summed E-state index contributed by atoms with van der Waals surface area (Å²) in [5.74, 6) is 0.698. The number of aliphatic hydroxyl groups is 1. The van der Waals surface area contributed by atoms with E-state index in [1.165, 1.54) is 11.1 Å². The number of hydrogen-bond donors (Lipinski definition) is 2. The normalized spacial score (nSPS) is 14.8. The molecule has 0 heterocycles. The van der Waals surface area contributed by atoms with Crippen molar-refractivity contribution in [3.05, 3.63) is 34.9 Å². The molecular formula is C16H27NO. The molecule has 0 aliphatic rings. The fourth-order valence-electron chi connectivity index (χ4n) is 1.95. The van der Waals surface area contributed by atoms with E-state index in [4.69, 9.17) is 0 Å². The molecule has 0 aliphatic carbocycles. The average molecular weight is 249 g/mol. The summed E-state index contributed by atoms with van der Waals surface area (Å²) in [4.78, 5) is 0. The van der Waals surface area contributed by atoms with Crippen LogP contribution in [0.25, 0.3) is 0 Å². The first-order chi connectivity index (χ1) is 8.41. The number of aryl methyl sites for hydroxylation is 2. The molecule has 2 unspecified atom stereocenters. The summed E-state index contributed by atoms with van der Waals surface area (Å²) < 4.78 is 0. The van der Waals surface area contributed by atoms with Crippen molar-refractivity contribution in [2.75, 3.05) is 6.54 Å². The molecular weight excluding hydrogens is 222 g/mol. The van der Waals surface area contributed by atoms with Crippen molar-refractivity contribution in [2.45, 2.75) is 53.2 Å². The highest BCUT2D eigenvalue weighted by Gasteiger charge is 2.16. The van der Waals surface area contributed by atoms with Crippen LogP contribution in [0.5, 0.6) is 0 Å². The van der Waals surface area contributed by atoms with Gasteiger partial charge < -0.3 is 10.4 Å². The summed E-state index contributed by atoms with van der Waals surface area (Å²) in [7, 11) is 0. The lowest BCUT2D eigenvalue weighted by atomic mass is 9.99. The molecule has 0 aromatic heterocycles. The van der Waals surface area contributed by atoms with Crippen molar-refractivity contribution < 1.29 is 5.11 Å².